The lowest BCUT2D eigenvalue weighted by molar-refractivity contribution is 0.109. The number of thiophene rings is 1. The highest BCUT2D eigenvalue weighted by Crippen LogP contribution is 2.27. The number of carbonyl (C=O) groups is 1. The standard InChI is InChI=1S/C18H23N3OS/c22-18-19-8-3-9-21(18)15-6-10-20(11-7-15)13-16-12-14-4-1-2-5-17(14)23-16/h1-2,4-5,12,15H,3,6-11,13H2,(H,19,22). The third kappa shape index (κ3) is 3.21. The van der Waals surface area contributed by atoms with Crippen molar-refractivity contribution < 1.29 is 4.79 Å². The van der Waals surface area contributed by atoms with Gasteiger partial charge in [0.1, 0.15) is 0 Å². The lowest BCUT2D eigenvalue weighted by Crippen LogP contribution is -2.54. The van der Waals surface area contributed by atoms with E-state index in [0.717, 1.165) is 52.0 Å². The fourth-order valence-corrected chi connectivity index (χ4v) is 4.83. The van der Waals surface area contributed by atoms with E-state index in [1.807, 2.05) is 11.3 Å². The molecule has 0 spiro atoms. The highest BCUT2D eigenvalue weighted by atomic mass is 32.1. The van der Waals surface area contributed by atoms with Crippen LogP contribution in [-0.4, -0.2) is 48.1 Å². The minimum Gasteiger partial charge on any atom is -0.338 e. The minimum absolute atomic E-state index is 0.138. The smallest absolute Gasteiger partial charge is 0.317 e. The Hall–Kier alpha value is -1.59. The second kappa shape index (κ2) is 6.49. The molecule has 2 amide bonds. The monoisotopic (exact) mass is 329 g/mol. The average molecular weight is 329 g/mol. The summed E-state index contributed by atoms with van der Waals surface area (Å²) in [5.74, 6) is 0. The first-order valence-electron chi connectivity index (χ1n) is 8.54. The summed E-state index contributed by atoms with van der Waals surface area (Å²) in [5.41, 5.74) is 0. The summed E-state index contributed by atoms with van der Waals surface area (Å²) < 4.78 is 1.38. The summed E-state index contributed by atoms with van der Waals surface area (Å²) in [6, 6.07) is 11.5. The van der Waals surface area contributed by atoms with Gasteiger partial charge in [0.25, 0.3) is 0 Å². The number of benzene rings is 1. The predicted octanol–water partition coefficient (Wildman–Crippen LogP) is 3.28. The van der Waals surface area contributed by atoms with Gasteiger partial charge in [0, 0.05) is 48.3 Å². The number of amides is 2. The van der Waals surface area contributed by atoms with Gasteiger partial charge in [0.15, 0.2) is 0 Å². The molecule has 122 valence electrons. The zero-order chi connectivity index (χ0) is 15.6. The predicted molar refractivity (Wildman–Crippen MR) is 94.8 cm³/mol. The van der Waals surface area contributed by atoms with Gasteiger partial charge in [0.2, 0.25) is 0 Å². The molecule has 23 heavy (non-hydrogen) atoms. The molecule has 0 atom stereocenters. The zero-order valence-corrected chi connectivity index (χ0v) is 14.1. The highest BCUT2D eigenvalue weighted by Gasteiger charge is 2.29. The maximum absolute atomic E-state index is 12.0. The number of fused-ring (bicyclic) bond motifs is 1. The van der Waals surface area contributed by atoms with Crippen LogP contribution in [0.4, 0.5) is 4.79 Å². The number of likely N-dealkylation sites (tertiary alicyclic amines) is 1. The first kappa shape index (κ1) is 15.0. The van der Waals surface area contributed by atoms with Gasteiger partial charge in [-0.3, -0.25) is 4.90 Å². The molecule has 4 rings (SSSR count). The lowest BCUT2D eigenvalue weighted by atomic mass is 10.0. The molecule has 3 heterocycles. The van der Waals surface area contributed by atoms with Crippen LogP contribution in [0.1, 0.15) is 24.1 Å². The van der Waals surface area contributed by atoms with Crippen molar-refractivity contribution in [3.63, 3.8) is 0 Å². The second-order valence-electron chi connectivity index (χ2n) is 6.54. The summed E-state index contributed by atoms with van der Waals surface area (Å²) in [6.45, 7) is 4.97. The van der Waals surface area contributed by atoms with Crippen LogP contribution in [0.3, 0.4) is 0 Å². The molecule has 1 aromatic carbocycles. The van der Waals surface area contributed by atoms with Crippen molar-refractivity contribution in [1.82, 2.24) is 15.1 Å². The Balaban J connectivity index is 1.35. The number of carbonyl (C=O) groups excluding carboxylic acids is 1. The number of rotatable bonds is 3. The van der Waals surface area contributed by atoms with E-state index in [1.165, 1.54) is 15.0 Å². The van der Waals surface area contributed by atoms with Gasteiger partial charge in [-0.25, -0.2) is 4.79 Å². The molecule has 0 saturated carbocycles. The van der Waals surface area contributed by atoms with Gasteiger partial charge in [0.05, 0.1) is 0 Å². The Morgan fingerprint density at radius 2 is 2.00 bits per heavy atom. The highest BCUT2D eigenvalue weighted by molar-refractivity contribution is 7.19. The molecule has 4 nitrogen and oxygen atoms in total. The van der Waals surface area contributed by atoms with Crippen molar-refractivity contribution in [2.75, 3.05) is 26.2 Å². The van der Waals surface area contributed by atoms with Crippen LogP contribution in [0.25, 0.3) is 10.1 Å². The Labute approximate surface area is 141 Å². The van der Waals surface area contributed by atoms with Crippen LogP contribution in [0, 0.1) is 0 Å². The number of urea groups is 1. The largest absolute Gasteiger partial charge is 0.338 e. The number of nitrogens with zero attached hydrogens (tertiary/aromatic N) is 2. The lowest BCUT2D eigenvalue weighted by Gasteiger charge is -2.40. The van der Waals surface area contributed by atoms with Crippen molar-refractivity contribution in [1.29, 1.82) is 0 Å². The van der Waals surface area contributed by atoms with Crippen molar-refractivity contribution >= 4 is 27.5 Å². The molecule has 0 unspecified atom stereocenters. The van der Waals surface area contributed by atoms with Gasteiger partial charge < -0.3 is 10.2 Å². The Bertz CT molecular complexity index is 657. The summed E-state index contributed by atoms with van der Waals surface area (Å²) in [5, 5.41) is 4.32. The van der Waals surface area contributed by atoms with E-state index in [4.69, 9.17) is 0 Å². The number of hydrogen-bond donors (Lipinski definition) is 1. The van der Waals surface area contributed by atoms with E-state index in [1.54, 1.807) is 0 Å². The van der Waals surface area contributed by atoms with E-state index in [9.17, 15) is 4.79 Å². The number of nitrogens with one attached hydrogen (secondary N) is 1. The first-order valence-corrected chi connectivity index (χ1v) is 9.35. The summed E-state index contributed by atoms with van der Waals surface area (Å²) in [7, 11) is 0. The van der Waals surface area contributed by atoms with Gasteiger partial charge in [-0.1, -0.05) is 18.2 Å². The Kier molecular flexibility index (Phi) is 4.23. The Morgan fingerprint density at radius 1 is 1.17 bits per heavy atom. The maximum Gasteiger partial charge on any atom is 0.317 e. The van der Waals surface area contributed by atoms with Gasteiger partial charge in [-0.15, -0.1) is 11.3 Å². The fraction of sp³-hybridized carbons (Fsp3) is 0.500. The van der Waals surface area contributed by atoms with Crippen LogP contribution in [0.2, 0.25) is 0 Å². The third-order valence-electron chi connectivity index (χ3n) is 4.97. The summed E-state index contributed by atoms with van der Waals surface area (Å²) >= 11 is 1.90. The molecule has 5 heteroatoms. The molecule has 0 radical (unpaired) electrons. The molecule has 2 aliphatic rings. The van der Waals surface area contributed by atoms with Crippen LogP contribution >= 0.6 is 11.3 Å². The fourth-order valence-electron chi connectivity index (χ4n) is 3.72. The topological polar surface area (TPSA) is 35.6 Å². The summed E-state index contributed by atoms with van der Waals surface area (Å²) in [4.78, 5) is 18.0. The molecule has 0 aliphatic carbocycles. The molecule has 2 fully saturated rings. The minimum atomic E-state index is 0.138. The quantitative estimate of drug-likeness (QED) is 0.938. The van der Waals surface area contributed by atoms with Crippen LogP contribution < -0.4 is 5.32 Å². The van der Waals surface area contributed by atoms with E-state index in [2.05, 4.69) is 45.4 Å². The second-order valence-corrected chi connectivity index (χ2v) is 7.71. The maximum atomic E-state index is 12.0. The van der Waals surface area contributed by atoms with Crippen LogP contribution in [0.15, 0.2) is 30.3 Å². The molecular weight excluding hydrogens is 306 g/mol. The average Bonchev–Trinajstić information content (AvgIpc) is 2.98. The number of piperidine rings is 1. The van der Waals surface area contributed by atoms with Crippen molar-refractivity contribution in [3.05, 3.63) is 35.2 Å². The van der Waals surface area contributed by atoms with E-state index in [-0.39, 0.29) is 6.03 Å². The zero-order valence-electron chi connectivity index (χ0n) is 13.3. The SMILES string of the molecule is O=C1NCCCN1C1CCN(Cc2cc3ccccc3s2)CC1. The van der Waals surface area contributed by atoms with Crippen molar-refractivity contribution in [3.8, 4) is 0 Å². The summed E-state index contributed by atoms with van der Waals surface area (Å²) in [6.07, 6.45) is 3.27. The molecule has 2 aromatic rings. The van der Waals surface area contributed by atoms with E-state index >= 15 is 0 Å². The van der Waals surface area contributed by atoms with E-state index in [0.29, 0.717) is 6.04 Å². The van der Waals surface area contributed by atoms with E-state index < -0.39 is 0 Å². The van der Waals surface area contributed by atoms with Gasteiger partial charge in [-0.05, 0) is 36.8 Å². The number of hydrogen-bond acceptors (Lipinski definition) is 3. The third-order valence-corrected chi connectivity index (χ3v) is 6.07. The van der Waals surface area contributed by atoms with Crippen LogP contribution in [0.5, 0.6) is 0 Å². The van der Waals surface area contributed by atoms with Crippen molar-refractivity contribution in [2.24, 2.45) is 0 Å². The van der Waals surface area contributed by atoms with Crippen LogP contribution in [-0.2, 0) is 6.54 Å². The molecule has 1 aromatic heterocycles. The normalized spacial score (nSPS) is 20.9. The Morgan fingerprint density at radius 3 is 2.78 bits per heavy atom. The molecule has 2 aliphatic heterocycles. The van der Waals surface area contributed by atoms with Crippen molar-refractivity contribution in [2.45, 2.75) is 31.8 Å². The van der Waals surface area contributed by atoms with Gasteiger partial charge in [-0.2, -0.15) is 0 Å². The molecule has 0 bridgehead atoms. The molecule has 1 N–H and O–H groups in total. The van der Waals surface area contributed by atoms with Gasteiger partial charge >= 0.3 is 6.03 Å². The molecule has 2 saturated heterocycles. The molecular formula is C18H23N3OS. The first-order chi connectivity index (χ1) is 11.3.